The van der Waals surface area contributed by atoms with Gasteiger partial charge in [-0.15, -0.1) is 0 Å². The summed E-state index contributed by atoms with van der Waals surface area (Å²) in [6.45, 7) is 7.06. The molecule has 17 heavy (non-hydrogen) atoms. The Bertz CT molecular complexity index is 309. The van der Waals surface area contributed by atoms with Gasteiger partial charge in [0.2, 0.25) is 0 Å². The molecule has 1 heterocycles. The van der Waals surface area contributed by atoms with Crippen molar-refractivity contribution in [3.05, 3.63) is 12.2 Å². The highest BCUT2D eigenvalue weighted by atomic mass is 16.5. The Morgan fingerprint density at radius 1 is 1.47 bits per heavy atom. The van der Waals surface area contributed by atoms with E-state index in [9.17, 15) is 15.0 Å². The van der Waals surface area contributed by atoms with Gasteiger partial charge < -0.3 is 14.9 Å². The highest BCUT2D eigenvalue weighted by Crippen LogP contribution is 2.27. The standard InChI is InChI=1S/C13H22O4/c1-5-13(4,16)7-6-10-8(2)11(14)9(3)12(15)17-10/h6-11,14,16H,5H2,1-4H3. The lowest BCUT2D eigenvalue weighted by atomic mass is 9.85. The van der Waals surface area contributed by atoms with Crippen molar-refractivity contribution in [3.8, 4) is 0 Å². The van der Waals surface area contributed by atoms with Crippen LogP contribution in [-0.2, 0) is 9.53 Å². The normalized spacial score (nSPS) is 37.9. The molecule has 1 saturated heterocycles. The number of cyclic esters (lactones) is 1. The number of ether oxygens (including phenoxy) is 1. The highest BCUT2D eigenvalue weighted by molar-refractivity contribution is 5.74. The quantitative estimate of drug-likeness (QED) is 0.577. The predicted molar refractivity (Wildman–Crippen MR) is 64.3 cm³/mol. The van der Waals surface area contributed by atoms with E-state index in [1.807, 2.05) is 13.8 Å². The average Bonchev–Trinajstić information content (AvgIpc) is 2.29. The molecule has 0 spiro atoms. The topological polar surface area (TPSA) is 66.8 Å². The molecule has 1 fully saturated rings. The number of rotatable bonds is 3. The molecular weight excluding hydrogens is 220 g/mol. The van der Waals surface area contributed by atoms with Crippen LogP contribution in [0.25, 0.3) is 0 Å². The Kier molecular flexibility index (Phi) is 4.33. The van der Waals surface area contributed by atoms with Crippen molar-refractivity contribution in [3.63, 3.8) is 0 Å². The number of hydrogen-bond donors (Lipinski definition) is 2. The SMILES string of the molecule is CCC(C)(O)C=CC1OC(=O)C(C)C(O)C1C. The zero-order chi connectivity index (χ0) is 13.2. The third kappa shape index (κ3) is 3.30. The zero-order valence-electron chi connectivity index (χ0n) is 10.9. The third-order valence-corrected chi connectivity index (χ3v) is 3.55. The zero-order valence-corrected chi connectivity index (χ0v) is 10.9. The van der Waals surface area contributed by atoms with Crippen LogP contribution in [-0.4, -0.2) is 34.0 Å². The molecule has 0 saturated carbocycles. The fraction of sp³-hybridized carbons (Fsp3) is 0.769. The first-order chi connectivity index (χ1) is 7.78. The summed E-state index contributed by atoms with van der Waals surface area (Å²) in [5.74, 6) is -1.03. The van der Waals surface area contributed by atoms with Gasteiger partial charge in [0, 0.05) is 5.92 Å². The van der Waals surface area contributed by atoms with Crippen LogP contribution in [0.2, 0.25) is 0 Å². The van der Waals surface area contributed by atoms with Gasteiger partial charge >= 0.3 is 5.97 Å². The monoisotopic (exact) mass is 242 g/mol. The van der Waals surface area contributed by atoms with Crippen LogP contribution in [0.4, 0.5) is 0 Å². The summed E-state index contributed by atoms with van der Waals surface area (Å²) in [6, 6.07) is 0. The van der Waals surface area contributed by atoms with Crippen molar-refractivity contribution in [2.24, 2.45) is 11.8 Å². The van der Waals surface area contributed by atoms with Crippen LogP contribution in [0, 0.1) is 11.8 Å². The molecule has 4 nitrogen and oxygen atoms in total. The van der Waals surface area contributed by atoms with Gasteiger partial charge in [0.25, 0.3) is 0 Å². The van der Waals surface area contributed by atoms with Crippen LogP contribution < -0.4 is 0 Å². The van der Waals surface area contributed by atoms with Crippen LogP contribution in [0.5, 0.6) is 0 Å². The second-order valence-corrected chi connectivity index (χ2v) is 5.11. The molecule has 1 aliphatic rings. The summed E-state index contributed by atoms with van der Waals surface area (Å²) < 4.78 is 5.22. The molecular formula is C13H22O4. The van der Waals surface area contributed by atoms with Crippen molar-refractivity contribution in [1.82, 2.24) is 0 Å². The number of carbonyl (C=O) groups excluding carboxylic acids is 1. The predicted octanol–water partition coefficient (Wildman–Crippen LogP) is 1.26. The van der Waals surface area contributed by atoms with Crippen molar-refractivity contribution < 1.29 is 19.7 Å². The van der Waals surface area contributed by atoms with E-state index in [-0.39, 0.29) is 11.9 Å². The van der Waals surface area contributed by atoms with E-state index in [2.05, 4.69) is 0 Å². The van der Waals surface area contributed by atoms with Gasteiger partial charge in [-0.2, -0.15) is 0 Å². The number of carbonyl (C=O) groups is 1. The second kappa shape index (κ2) is 5.19. The Hall–Kier alpha value is -0.870. The second-order valence-electron chi connectivity index (χ2n) is 5.11. The van der Waals surface area contributed by atoms with Gasteiger partial charge in [-0.05, 0) is 26.3 Å². The van der Waals surface area contributed by atoms with Gasteiger partial charge in [-0.1, -0.05) is 19.9 Å². The van der Waals surface area contributed by atoms with E-state index >= 15 is 0 Å². The molecule has 1 aliphatic heterocycles. The molecule has 2 N–H and O–H groups in total. The van der Waals surface area contributed by atoms with Gasteiger partial charge in [0.05, 0.1) is 17.6 Å². The van der Waals surface area contributed by atoms with Gasteiger partial charge in [0.1, 0.15) is 6.10 Å². The summed E-state index contributed by atoms with van der Waals surface area (Å²) in [5.41, 5.74) is -0.903. The summed E-state index contributed by atoms with van der Waals surface area (Å²) in [7, 11) is 0. The van der Waals surface area contributed by atoms with E-state index in [4.69, 9.17) is 4.74 Å². The first-order valence-electron chi connectivity index (χ1n) is 6.09. The van der Waals surface area contributed by atoms with E-state index in [0.717, 1.165) is 0 Å². The lowest BCUT2D eigenvalue weighted by Gasteiger charge is -2.35. The van der Waals surface area contributed by atoms with Crippen LogP contribution >= 0.6 is 0 Å². The molecule has 0 aliphatic carbocycles. The van der Waals surface area contributed by atoms with E-state index < -0.39 is 23.7 Å². The first kappa shape index (κ1) is 14.2. The third-order valence-electron chi connectivity index (χ3n) is 3.55. The van der Waals surface area contributed by atoms with E-state index in [0.29, 0.717) is 6.42 Å². The molecule has 0 radical (unpaired) electrons. The minimum Gasteiger partial charge on any atom is -0.457 e. The summed E-state index contributed by atoms with van der Waals surface area (Å²) in [6.07, 6.45) is 2.72. The van der Waals surface area contributed by atoms with Crippen molar-refractivity contribution >= 4 is 5.97 Å². The smallest absolute Gasteiger partial charge is 0.311 e. The maximum Gasteiger partial charge on any atom is 0.311 e. The molecule has 0 aromatic rings. The Balaban J connectivity index is 2.75. The molecule has 4 heteroatoms. The molecule has 5 unspecified atom stereocenters. The fourth-order valence-electron chi connectivity index (χ4n) is 1.77. The summed E-state index contributed by atoms with van der Waals surface area (Å²) in [4.78, 5) is 11.5. The minimum absolute atomic E-state index is 0.161. The molecule has 98 valence electrons. The molecule has 0 aromatic carbocycles. The van der Waals surface area contributed by atoms with Gasteiger partial charge in [0.15, 0.2) is 0 Å². The van der Waals surface area contributed by atoms with Gasteiger partial charge in [-0.3, -0.25) is 4.79 Å². The Labute approximate surface area is 102 Å². The molecule has 5 atom stereocenters. The number of hydrogen-bond acceptors (Lipinski definition) is 4. The van der Waals surface area contributed by atoms with E-state index in [1.165, 1.54) is 0 Å². The number of aliphatic hydroxyl groups excluding tert-OH is 1. The largest absolute Gasteiger partial charge is 0.457 e. The summed E-state index contributed by atoms with van der Waals surface area (Å²) >= 11 is 0. The summed E-state index contributed by atoms with van der Waals surface area (Å²) in [5, 5.41) is 19.7. The molecule has 0 bridgehead atoms. The van der Waals surface area contributed by atoms with Crippen molar-refractivity contribution in [2.45, 2.75) is 51.9 Å². The molecule has 0 amide bonds. The lowest BCUT2D eigenvalue weighted by molar-refractivity contribution is -0.172. The van der Waals surface area contributed by atoms with Crippen LogP contribution in [0.3, 0.4) is 0 Å². The fourth-order valence-corrected chi connectivity index (χ4v) is 1.77. The molecule has 1 rings (SSSR count). The van der Waals surface area contributed by atoms with Crippen LogP contribution in [0.15, 0.2) is 12.2 Å². The van der Waals surface area contributed by atoms with Gasteiger partial charge in [-0.25, -0.2) is 0 Å². The maximum absolute atomic E-state index is 11.5. The number of aliphatic hydroxyl groups is 2. The van der Waals surface area contributed by atoms with Crippen molar-refractivity contribution in [1.29, 1.82) is 0 Å². The Morgan fingerprint density at radius 3 is 2.59 bits per heavy atom. The highest BCUT2D eigenvalue weighted by Gasteiger charge is 2.39. The van der Waals surface area contributed by atoms with E-state index in [1.54, 1.807) is 26.0 Å². The minimum atomic E-state index is -0.903. The maximum atomic E-state index is 11.5. The number of esters is 1. The average molecular weight is 242 g/mol. The van der Waals surface area contributed by atoms with Crippen molar-refractivity contribution in [2.75, 3.05) is 0 Å². The lowest BCUT2D eigenvalue weighted by Crippen LogP contribution is -2.46. The first-order valence-corrected chi connectivity index (χ1v) is 6.09. The molecule has 0 aromatic heterocycles. The Morgan fingerprint density at radius 2 is 2.06 bits per heavy atom. The van der Waals surface area contributed by atoms with Crippen LogP contribution in [0.1, 0.15) is 34.1 Å².